The number of rotatable bonds is 5. The summed E-state index contributed by atoms with van der Waals surface area (Å²) in [6, 6.07) is 2.32. The molecule has 19 heavy (non-hydrogen) atoms. The lowest BCUT2D eigenvalue weighted by Gasteiger charge is -2.40. The van der Waals surface area contributed by atoms with Crippen LogP contribution in [0.15, 0.2) is 29.2 Å². The van der Waals surface area contributed by atoms with Gasteiger partial charge >= 0.3 is 10.2 Å². The lowest BCUT2D eigenvalue weighted by atomic mass is 10.0. The molecule has 1 atom stereocenters. The molecular weight excluding hydrogens is 289 g/mol. The van der Waals surface area contributed by atoms with Crippen molar-refractivity contribution in [1.82, 2.24) is 5.32 Å². The van der Waals surface area contributed by atoms with Gasteiger partial charge in [-0.25, -0.2) is 0 Å². The molecule has 0 radical (unpaired) electrons. The monoisotopic (exact) mass is 301 g/mol. The minimum atomic E-state index is -9.62. The van der Waals surface area contributed by atoms with E-state index in [4.69, 9.17) is 0 Å². The Hall–Kier alpha value is -1.31. The van der Waals surface area contributed by atoms with Gasteiger partial charge in [-0.15, -0.1) is 0 Å². The van der Waals surface area contributed by atoms with Crippen molar-refractivity contribution in [1.29, 1.82) is 0 Å². The van der Waals surface area contributed by atoms with E-state index in [1.807, 2.05) is 0 Å². The fourth-order valence-electron chi connectivity index (χ4n) is 1.94. The average molecular weight is 301 g/mol. The smallest absolute Gasteiger partial charge is 0.310 e. The molecule has 0 aromatic heterocycles. The standard InChI is InChI=1S/C11H12F5NOS/c12-19(13,14,15,16)10-5-3-9(4-6-10)11(17-7-18)8-1-2-8/h3-8,11H,1-2H2,(H,17,18). The number of hydrogen-bond acceptors (Lipinski definition) is 1. The summed E-state index contributed by atoms with van der Waals surface area (Å²) in [6.45, 7) is 0. The molecule has 1 aliphatic carbocycles. The highest BCUT2D eigenvalue weighted by Gasteiger charge is 2.65. The van der Waals surface area contributed by atoms with Gasteiger partial charge in [0.15, 0.2) is 0 Å². The molecule has 8 heteroatoms. The summed E-state index contributed by atoms with van der Waals surface area (Å²) >= 11 is 0. The Labute approximate surface area is 106 Å². The van der Waals surface area contributed by atoms with Crippen molar-refractivity contribution in [2.45, 2.75) is 23.8 Å². The fourth-order valence-corrected chi connectivity index (χ4v) is 2.59. The van der Waals surface area contributed by atoms with E-state index in [0.717, 1.165) is 25.0 Å². The highest BCUT2D eigenvalue weighted by atomic mass is 32.5. The molecule has 1 aromatic rings. The van der Waals surface area contributed by atoms with Gasteiger partial charge in [0.05, 0.1) is 6.04 Å². The maximum Gasteiger partial charge on any atom is 0.310 e. The molecule has 2 rings (SSSR count). The molecule has 1 saturated carbocycles. The summed E-state index contributed by atoms with van der Waals surface area (Å²) in [6.07, 6.45) is 2.17. The van der Waals surface area contributed by atoms with Crippen LogP contribution in [0, 0.1) is 5.92 Å². The second kappa shape index (κ2) is 3.62. The van der Waals surface area contributed by atoms with Gasteiger partial charge in [0.25, 0.3) is 0 Å². The molecule has 1 unspecified atom stereocenters. The number of nitrogens with one attached hydrogen (secondary N) is 1. The molecular formula is C11H12F5NOS. The first-order chi connectivity index (χ1) is 8.51. The minimum absolute atomic E-state index is 0.163. The summed E-state index contributed by atoms with van der Waals surface area (Å²) in [5.41, 5.74) is 0.403. The molecule has 0 aliphatic heterocycles. The highest BCUT2D eigenvalue weighted by Crippen LogP contribution is 3.02. The Morgan fingerprint density at radius 3 is 2.00 bits per heavy atom. The van der Waals surface area contributed by atoms with E-state index in [2.05, 4.69) is 5.32 Å². The predicted molar refractivity (Wildman–Crippen MR) is 62.5 cm³/mol. The molecule has 0 spiro atoms. The number of amides is 1. The third-order valence-electron chi connectivity index (χ3n) is 3.03. The molecule has 1 aliphatic rings. The maximum atomic E-state index is 12.5. The van der Waals surface area contributed by atoms with E-state index in [-0.39, 0.29) is 5.92 Å². The number of benzene rings is 1. The SMILES string of the molecule is O=CNC(c1ccc(S(F)(F)(F)(F)F)cc1)C1CC1. The fraction of sp³-hybridized carbons (Fsp3) is 0.364. The van der Waals surface area contributed by atoms with Gasteiger partial charge < -0.3 is 5.32 Å². The third-order valence-corrected chi connectivity index (χ3v) is 4.19. The maximum absolute atomic E-state index is 12.5. The summed E-state index contributed by atoms with van der Waals surface area (Å²) < 4.78 is 62.6. The van der Waals surface area contributed by atoms with Crippen molar-refractivity contribution < 1.29 is 24.2 Å². The van der Waals surface area contributed by atoms with Crippen LogP contribution in [-0.2, 0) is 4.79 Å². The summed E-state index contributed by atoms with van der Waals surface area (Å²) in [7, 11) is -9.62. The quantitative estimate of drug-likeness (QED) is 0.628. The van der Waals surface area contributed by atoms with Crippen molar-refractivity contribution >= 4 is 16.6 Å². The first-order valence-electron chi connectivity index (χ1n) is 5.55. The molecule has 1 aromatic carbocycles. The van der Waals surface area contributed by atoms with Crippen LogP contribution in [-0.4, -0.2) is 6.41 Å². The second-order valence-electron chi connectivity index (χ2n) is 4.64. The number of carbonyl (C=O) groups is 1. The molecule has 0 bridgehead atoms. The van der Waals surface area contributed by atoms with Crippen molar-refractivity contribution in [3.05, 3.63) is 29.8 Å². The lowest BCUT2D eigenvalue weighted by Crippen LogP contribution is -2.21. The molecule has 1 fully saturated rings. The summed E-state index contributed by atoms with van der Waals surface area (Å²) in [5, 5.41) is 2.50. The normalized spacial score (nSPS) is 21.1. The first-order valence-corrected chi connectivity index (χ1v) is 7.50. The van der Waals surface area contributed by atoms with Gasteiger partial charge in [-0.05, 0) is 36.5 Å². The molecule has 2 nitrogen and oxygen atoms in total. The van der Waals surface area contributed by atoms with Gasteiger partial charge in [0.1, 0.15) is 4.90 Å². The van der Waals surface area contributed by atoms with Crippen LogP contribution < -0.4 is 5.32 Å². The third kappa shape index (κ3) is 3.37. The van der Waals surface area contributed by atoms with Crippen LogP contribution in [0.3, 0.4) is 0 Å². The van der Waals surface area contributed by atoms with Crippen molar-refractivity contribution in [3.63, 3.8) is 0 Å². The van der Waals surface area contributed by atoms with Crippen LogP contribution in [0.4, 0.5) is 19.4 Å². The van der Waals surface area contributed by atoms with E-state index in [1.54, 1.807) is 0 Å². The Kier molecular flexibility index (Phi) is 2.69. The first kappa shape index (κ1) is 14.1. The number of hydrogen-bond donors (Lipinski definition) is 1. The average Bonchev–Trinajstić information content (AvgIpc) is 3.07. The van der Waals surface area contributed by atoms with E-state index >= 15 is 0 Å². The Morgan fingerprint density at radius 1 is 1.11 bits per heavy atom. The van der Waals surface area contributed by atoms with Crippen LogP contribution in [0.25, 0.3) is 0 Å². The van der Waals surface area contributed by atoms with Gasteiger partial charge in [0.2, 0.25) is 6.41 Å². The molecule has 0 heterocycles. The lowest BCUT2D eigenvalue weighted by molar-refractivity contribution is -0.110. The predicted octanol–water partition coefficient (Wildman–Crippen LogP) is 4.54. The van der Waals surface area contributed by atoms with E-state index in [9.17, 15) is 24.2 Å². The number of carbonyl (C=O) groups excluding carboxylic acids is 1. The van der Waals surface area contributed by atoms with Crippen molar-refractivity contribution in [3.8, 4) is 0 Å². The molecule has 1 amide bonds. The zero-order chi connectivity index (χ0) is 14.4. The Bertz CT molecular complexity index is 494. The Morgan fingerprint density at radius 2 is 1.63 bits per heavy atom. The van der Waals surface area contributed by atoms with Gasteiger partial charge in [-0.2, -0.15) is 0 Å². The summed E-state index contributed by atoms with van der Waals surface area (Å²) in [4.78, 5) is 8.53. The van der Waals surface area contributed by atoms with Crippen LogP contribution in [0.2, 0.25) is 0 Å². The second-order valence-corrected chi connectivity index (χ2v) is 7.05. The zero-order valence-corrected chi connectivity index (χ0v) is 10.5. The van der Waals surface area contributed by atoms with E-state index in [1.165, 1.54) is 0 Å². The topological polar surface area (TPSA) is 29.1 Å². The molecule has 1 N–H and O–H groups in total. The van der Waals surface area contributed by atoms with Crippen molar-refractivity contribution in [2.24, 2.45) is 5.92 Å². The van der Waals surface area contributed by atoms with Gasteiger partial charge in [-0.3, -0.25) is 4.79 Å². The van der Waals surface area contributed by atoms with Crippen LogP contribution >= 0.6 is 10.2 Å². The molecule has 0 saturated heterocycles. The van der Waals surface area contributed by atoms with E-state index < -0.39 is 21.2 Å². The largest absolute Gasteiger partial charge is 0.352 e. The molecule has 108 valence electrons. The minimum Gasteiger partial charge on any atom is -0.352 e. The van der Waals surface area contributed by atoms with Gasteiger partial charge in [0, 0.05) is 0 Å². The number of halogens is 5. The van der Waals surface area contributed by atoms with Gasteiger partial charge in [-0.1, -0.05) is 31.6 Å². The highest BCUT2D eigenvalue weighted by molar-refractivity contribution is 8.45. The van der Waals surface area contributed by atoms with Crippen molar-refractivity contribution in [2.75, 3.05) is 0 Å². The van der Waals surface area contributed by atoms with E-state index in [0.29, 0.717) is 24.1 Å². The summed E-state index contributed by atoms with van der Waals surface area (Å²) in [5.74, 6) is 0.163. The van der Waals surface area contributed by atoms with Crippen LogP contribution in [0.5, 0.6) is 0 Å². The Balaban J connectivity index is 2.30. The zero-order valence-electron chi connectivity index (χ0n) is 9.66. The van der Waals surface area contributed by atoms with Crippen LogP contribution in [0.1, 0.15) is 24.4 Å².